The van der Waals surface area contributed by atoms with Gasteiger partial charge in [-0.25, -0.2) is 4.39 Å². The van der Waals surface area contributed by atoms with E-state index >= 15 is 0 Å². The van der Waals surface area contributed by atoms with Gasteiger partial charge in [-0.1, -0.05) is 28.9 Å². The third kappa shape index (κ3) is 3.81. The largest absolute Gasteiger partial charge is 0.469 e. The fourth-order valence-electron chi connectivity index (χ4n) is 2.19. The van der Waals surface area contributed by atoms with E-state index in [1.807, 2.05) is 0 Å². The van der Waals surface area contributed by atoms with Crippen LogP contribution in [0.1, 0.15) is 31.2 Å². The van der Waals surface area contributed by atoms with Gasteiger partial charge in [0.15, 0.2) is 0 Å². The van der Waals surface area contributed by atoms with Crippen molar-refractivity contribution in [2.24, 2.45) is 5.92 Å². The zero-order valence-electron chi connectivity index (χ0n) is 11.9. The number of esters is 1. The maximum Gasteiger partial charge on any atom is 0.313 e. The van der Waals surface area contributed by atoms with Gasteiger partial charge in [-0.05, 0) is 30.5 Å². The number of hydrogen-bond acceptors (Lipinski definition) is 3. The Bertz CT molecular complexity index is 560. The molecule has 21 heavy (non-hydrogen) atoms. The highest BCUT2D eigenvalue weighted by Gasteiger charge is 2.36. The van der Waals surface area contributed by atoms with Crippen LogP contribution >= 0.6 is 15.9 Å². The molecule has 2 atom stereocenters. The fourth-order valence-corrected chi connectivity index (χ4v) is 2.79. The van der Waals surface area contributed by atoms with Crippen molar-refractivity contribution in [1.82, 2.24) is 5.32 Å². The number of nitrogens with one attached hydrogen (secondary N) is 1. The molecular formula is C15H17BrFNO3. The maximum absolute atomic E-state index is 13.2. The van der Waals surface area contributed by atoms with Gasteiger partial charge < -0.3 is 10.1 Å². The van der Waals surface area contributed by atoms with E-state index in [9.17, 15) is 14.0 Å². The molecule has 0 aromatic heterocycles. The predicted octanol–water partition coefficient (Wildman–Crippen LogP) is 2.76. The zero-order chi connectivity index (χ0) is 15.6. The monoisotopic (exact) mass is 357 g/mol. The topological polar surface area (TPSA) is 55.4 Å². The summed E-state index contributed by atoms with van der Waals surface area (Å²) in [5, 5.41) is 2.88. The molecule has 1 aromatic carbocycles. The quantitative estimate of drug-likeness (QED) is 0.824. The summed E-state index contributed by atoms with van der Waals surface area (Å²) in [6.45, 7) is 1.68. The van der Waals surface area contributed by atoms with Crippen LogP contribution in [0.3, 0.4) is 0 Å². The summed E-state index contributed by atoms with van der Waals surface area (Å²) in [5.41, 5.74) is 0.543. The smallest absolute Gasteiger partial charge is 0.313 e. The number of hydrogen-bond donors (Lipinski definition) is 1. The summed E-state index contributed by atoms with van der Waals surface area (Å²) in [6.07, 6.45) is 1.95. The molecule has 1 N–H and O–H groups in total. The highest BCUT2D eigenvalue weighted by molar-refractivity contribution is 9.10. The Kier molecular flexibility index (Phi) is 4.98. The van der Waals surface area contributed by atoms with Gasteiger partial charge in [0.05, 0.1) is 18.9 Å². The first-order valence-electron chi connectivity index (χ1n) is 6.77. The number of halogens is 2. The van der Waals surface area contributed by atoms with Gasteiger partial charge in [-0.2, -0.15) is 0 Å². The van der Waals surface area contributed by atoms with Crippen molar-refractivity contribution in [2.75, 3.05) is 7.11 Å². The molecule has 1 amide bonds. The van der Waals surface area contributed by atoms with Crippen LogP contribution in [0, 0.1) is 11.7 Å². The van der Waals surface area contributed by atoms with Gasteiger partial charge in [-0.3, -0.25) is 9.59 Å². The van der Waals surface area contributed by atoms with Crippen molar-refractivity contribution in [2.45, 2.75) is 31.7 Å². The van der Waals surface area contributed by atoms with Gasteiger partial charge in [0.1, 0.15) is 5.82 Å². The van der Waals surface area contributed by atoms with E-state index < -0.39 is 23.6 Å². The van der Waals surface area contributed by atoms with E-state index in [2.05, 4.69) is 21.2 Å². The van der Waals surface area contributed by atoms with E-state index in [1.54, 1.807) is 6.92 Å². The average molecular weight is 358 g/mol. The van der Waals surface area contributed by atoms with E-state index in [0.717, 1.165) is 12.8 Å². The lowest BCUT2D eigenvalue weighted by Gasteiger charge is -2.22. The average Bonchev–Trinajstić information content (AvgIpc) is 3.24. The molecule has 0 radical (unpaired) electrons. The molecule has 0 aliphatic heterocycles. The van der Waals surface area contributed by atoms with Crippen molar-refractivity contribution in [1.29, 1.82) is 0 Å². The summed E-state index contributed by atoms with van der Waals surface area (Å²) in [4.78, 5) is 24.3. The second-order valence-corrected chi connectivity index (χ2v) is 6.09. The summed E-state index contributed by atoms with van der Waals surface area (Å²) in [7, 11) is 1.28. The van der Waals surface area contributed by atoms with Crippen LogP contribution in [-0.2, 0) is 14.3 Å². The van der Waals surface area contributed by atoms with Gasteiger partial charge in [-0.15, -0.1) is 0 Å². The van der Waals surface area contributed by atoms with Crippen molar-refractivity contribution in [3.8, 4) is 0 Å². The molecule has 1 saturated carbocycles. The molecule has 0 heterocycles. The van der Waals surface area contributed by atoms with E-state index in [4.69, 9.17) is 4.74 Å². The number of ether oxygens (including phenoxy) is 1. The molecule has 1 aromatic rings. The fraction of sp³-hybridized carbons (Fsp3) is 0.467. The lowest BCUT2D eigenvalue weighted by atomic mass is 9.86. The van der Waals surface area contributed by atoms with Gasteiger partial charge in [0.25, 0.3) is 0 Å². The Labute approximate surface area is 131 Å². The van der Waals surface area contributed by atoms with Crippen molar-refractivity contribution in [3.05, 3.63) is 34.1 Å². The minimum absolute atomic E-state index is 0.191. The first-order chi connectivity index (χ1) is 9.93. The Morgan fingerprint density at radius 2 is 2.10 bits per heavy atom. The van der Waals surface area contributed by atoms with E-state index in [1.165, 1.54) is 25.3 Å². The van der Waals surface area contributed by atoms with Gasteiger partial charge in [0, 0.05) is 10.5 Å². The number of benzene rings is 1. The number of rotatable bonds is 5. The SMILES string of the molecule is COC(=O)C(c1ccc(F)cc1Br)C(C)C(=O)NC1CC1. The standard InChI is InChI=1S/C15H17BrFNO3/c1-8(14(19)18-10-4-5-10)13(15(20)21-2)11-6-3-9(17)7-12(11)16/h3,6-8,10,13H,4-5H2,1-2H3,(H,18,19). The third-order valence-electron chi connectivity index (χ3n) is 3.59. The van der Waals surface area contributed by atoms with Crippen LogP contribution in [0.2, 0.25) is 0 Å². The second kappa shape index (κ2) is 6.56. The zero-order valence-corrected chi connectivity index (χ0v) is 13.4. The molecule has 2 unspecified atom stereocenters. The minimum atomic E-state index is -0.774. The molecule has 4 nitrogen and oxygen atoms in total. The molecule has 0 saturated heterocycles. The molecular weight excluding hydrogens is 341 g/mol. The Hall–Kier alpha value is -1.43. The van der Waals surface area contributed by atoms with Crippen molar-refractivity contribution >= 4 is 27.8 Å². The lowest BCUT2D eigenvalue weighted by Crippen LogP contribution is -2.37. The molecule has 1 aliphatic carbocycles. The normalized spacial score (nSPS) is 17.0. The van der Waals surface area contributed by atoms with Crippen LogP contribution in [0.4, 0.5) is 4.39 Å². The molecule has 0 spiro atoms. The summed E-state index contributed by atoms with van der Waals surface area (Å²) in [5.74, 6) is -2.49. The molecule has 0 bridgehead atoms. The summed E-state index contributed by atoms with van der Waals surface area (Å²) in [6, 6.07) is 4.26. The predicted molar refractivity (Wildman–Crippen MR) is 79.2 cm³/mol. The third-order valence-corrected chi connectivity index (χ3v) is 4.28. The number of amides is 1. The molecule has 114 valence electrons. The molecule has 1 aliphatic rings. The number of carbonyl (C=O) groups excluding carboxylic acids is 2. The van der Waals surface area contributed by atoms with Crippen LogP contribution in [0.5, 0.6) is 0 Å². The van der Waals surface area contributed by atoms with Gasteiger partial charge >= 0.3 is 5.97 Å². The van der Waals surface area contributed by atoms with Crippen LogP contribution < -0.4 is 5.32 Å². The maximum atomic E-state index is 13.2. The van der Waals surface area contributed by atoms with E-state index in [0.29, 0.717) is 10.0 Å². The Balaban J connectivity index is 2.28. The first-order valence-corrected chi connectivity index (χ1v) is 7.56. The first kappa shape index (κ1) is 15.9. The summed E-state index contributed by atoms with van der Waals surface area (Å²) < 4.78 is 18.5. The highest BCUT2D eigenvalue weighted by Crippen LogP contribution is 2.33. The van der Waals surface area contributed by atoms with Gasteiger partial charge in [0.2, 0.25) is 5.91 Å². The minimum Gasteiger partial charge on any atom is -0.469 e. The van der Waals surface area contributed by atoms with Crippen molar-refractivity contribution < 1.29 is 18.7 Å². The lowest BCUT2D eigenvalue weighted by molar-refractivity contribution is -0.146. The number of carbonyl (C=O) groups is 2. The number of methoxy groups -OCH3 is 1. The Morgan fingerprint density at radius 3 is 2.62 bits per heavy atom. The molecule has 1 fully saturated rings. The van der Waals surface area contributed by atoms with Crippen LogP contribution in [-0.4, -0.2) is 25.0 Å². The Morgan fingerprint density at radius 1 is 1.43 bits per heavy atom. The van der Waals surface area contributed by atoms with E-state index in [-0.39, 0.29) is 11.9 Å². The van der Waals surface area contributed by atoms with Crippen LogP contribution in [0.25, 0.3) is 0 Å². The molecule has 2 rings (SSSR count). The second-order valence-electron chi connectivity index (χ2n) is 5.24. The summed E-state index contributed by atoms with van der Waals surface area (Å²) >= 11 is 3.25. The van der Waals surface area contributed by atoms with Crippen LogP contribution in [0.15, 0.2) is 22.7 Å². The highest BCUT2D eigenvalue weighted by atomic mass is 79.9. The van der Waals surface area contributed by atoms with Crippen molar-refractivity contribution in [3.63, 3.8) is 0 Å². The molecule has 6 heteroatoms.